The molecule has 0 heterocycles. The normalized spacial score (nSPS) is 8.00. The number of hydrogen-bond acceptors (Lipinski definition) is 2. The van der Waals surface area contributed by atoms with Crippen molar-refractivity contribution in [3.05, 3.63) is 0 Å². The van der Waals surface area contributed by atoms with Crippen LogP contribution < -0.4 is 11.3 Å². The van der Waals surface area contributed by atoms with E-state index >= 15 is 0 Å². The highest BCUT2D eigenvalue weighted by atomic mass is 15.2. The topological polar surface area (TPSA) is 38.0 Å². The predicted molar refractivity (Wildman–Crippen MR) is 30.3 cm³/mol. The second kappa shape index (κ2) is 5.48. The molecule has 0 amide bonds. The maximum Gasteiger partial charge on any atom is 0.0106 e. The van der Waals surface area contributed by atoms with Gasteiger partial charge in [0.05, 0.1) is 0 Å². The highest BCUT2D eigenvalue weighted by Gasteiger charge is 1.76. The molecule has 0 rings (SSSR count). The summed E-state index contributed by atoms with van der Waals surface area (Å²) in [5, 5.41) is 0. The van der Waals surface area contributed by atoms with Gasteiger partial charge in [0.25, 0.3) is 0 Å². The third-order valence-electron chi connectivity index (χ3n) is 0.642. The molecular weight excluding hydrogens is 88.1 g/mol. The van der Waals surface area contributed by atoms with Gasteiger partial charge in [-0.05, 0) is 6.42 Å². The summed E-state index contributed by atoms with van der Waals surface area (Å²) in [6, 6.07) is 0. The quantitative estimate of drug-likeness (QED) is 0.223. The van der Waals surface area contributed by atoms with Crippen LogP contribution in [-0.2, 0) is 0 Å². The molecule has 0 aromatic rings. The van der Waals surface area contributed by atoms with Gasteiger partial charge < -0.3 is 0 Å². The average Bonchev–Trinajstić information content (AvgIpc) is 1.69. The Morgan fingerprint density at radius 1 is 1.71 bits per heavy atom. The first-order valence-corrected chi connectivity index (χ1v) is 2.28. The van der Waals surface area contributed by atoms with E-state index in [1.165, 1.54) is 0 Å². The summed E-state index contributed by atoms with van der Waals surface area (Å²) in [5.41, 5.74) is 2.51. The Hall–Kier alpha value is -0.520. The molecule has 0 bridgehead atoms. The number of terminal acetylenes is 1. The Morgan fingerprint density at radius 3 is 2.86 bits per heavy atom. The summed E-state index contributed by atoms with van der Waals surface area (Å²) < 4.78 is 0. The summed E-state index contributed by atoms with van der Waals surface area (Å²) >= 11 is 0. The van der Waals surface area contributed by atoms with E-state index in [1.54, 1.807) is 0 Å². The minimum atomic E-state index is 0.810. The van der Waals surface area contributed by atoms with Crippen LogP contribution in [0.1, 0.15) is 12.8 Å². The molecule has 0 aromatic carbocycles. The van der Waals surface area contributed by atoms with Gasteiger partial charge in [0.1, 0.15) is 0 Å². The molecule has 0 atom stereocenters. The zero-order chi connectivity index (χ0) is 5.54. The van der Waals surface area contributed by atoms with E-state index in [0.717, 1.165) is 19.4 Å². The number of nitrogens with two attached hydrogens (primary N) is 1. The van der Waals surface area contributed by atoms with Crippen LogP contribution in [0.3, 0.4) is 0 Å². The van der Waals surface area contributed by atoms with Crippen molar-refractivity contribution < 1.29 is 0 Å². The molecule has 0 aliphatic carbocycles. The smallest absolute Gasteiger partial charge is 0.0106 e. The number of unbranched alkanes of at least 4 members (excludes halogenated alkanes) is 1. The summed E-state index contributed by atoms with van der Waals surface area (Å²) in [5.74, 6) is 7.46. The van der Waals surface area contributed by atoms with Gasteiger partial charge in [0.15, 0.2) is 0 Å². The largest absolute Gasteiger partial charge is 0.271 e. The molecule has 0 radical (unpaired) electrons. The van der Waals surface area contributed by atoms with E-state index in [1.807, 2.05) is 0 Å². The van der Waals surface area contributed by atoms with E-state index in [0.29, 0.717) is 0 Å². The highest BCUT2D eigenvalue weighted by Crippen LogP contribution is 1.79. The molecule has 0 saturated carbocycles. The van der Waals surface area contributed by atoms with Crippen LogP contribution in [0.4, 0.5) is 0 Å². The van der Waals surface area contributed by atoms with Gasteiger partial charge in [-0.25, -0.2) is 0 Å². The first-order valence-electron chi connectivity index (χ1n) is 2.28. The molecule has 7 heavy (non-hydrogen) atoms. The summed E-state index contributed by atoms with van der Waals surface area (Å²) in [4.78, 5) is 0. The Bertz CT molecular complexity index is 63.0. The summed E-state index contributed by atoms with van der Waals surface area (Å²) in [6.07, 6.45) is 6.73. The minimum Gasteiger partial charge on any atom is -0.271 e. The Kier molecular flexibility index (Phi) is 5.07. The third kappa shape index (κ3) is 5.48. The number of hydrazine groups is 1. The molecule has 0 unspecified atom stereocenters. The van der Waals surface area contributed by atoms with Crippen molar-refractivity contribution in [1.29, 1.82) is 0 Å². The van der Waals surface area contributed by atoms with Gasteiger partial charge in [0, 0.05) is 13.0 Å². The van der Waals surface area contributed by atoms with E-state index in [2.05, 4.69) is 11.3 Å². The lowest BCUT2D eigenvalue weighted by atomic mass is 10.3. The molecule has 0 aliphatic heterocycles. The van der Waals surface area contributed by atoms with Crippen molar-refractivity contribution >= 4 is 0 Å². The van der Waals surface area contributed by atoms with Crippen LogP contribution in [0, 0.1) is 12.3 Å². The lowest BCUT2D eigenvalue weighted by molar-refractivity contribution is 0.692. The van der Waals surface area contributed by atoms with Crippen molar-refractivity contribution in [3.8, 4) is 12.3 Å². The molecule has 40 valence electrons. The molecule has 0 aliphatic rings. The SMILES string of the molecule is C#CCCCNN. The first-order chi connectivity index (χ1) is 3.41. The molecule has 3 N–H and O–H groups in total. The van der Waals surface area contributed by atoms with Crippen molar-refractivity contribution in [3.63, 3.8) is 0 Å². The van der Waals surface area contributed by atoms with Crippen LogP contribution in [0.25, 0.3) is 0 Å². The predicted octanol–water partition coefficient (Wildman–Crippen LogP) is -0.137. The van der Waals surface area contributed by atoms with Gasteiger partial charge in [0.2, 0.25) is 0 Å². The highest BCUT2D eigenvalue weighted by molar-refractivity contribution is 4.82. The standard InChI is InChI=1S/C5H10N2/c1-2-3-4-5-7-6/h1,7H,3-6H2. The first kappa shape index (κ1) is 6.48. The Morgan fingerprint density at radius 2 is 2.43 bits per heavy atom. The van der Waals surface area contributed by atoms with Crippen LogP contribution in [0.2, 0.25) is 0 Å². The van der Waals surface area contributed by atoms with Crippen molar-refractivity contribution in [2.24, 2.45) is 5.84 Å². The molecule has 2 nitrogen and oxygen atoms in total. The lowest BCUT2D eigenvalue weighted by Gasteiger charge is -1.89. The second-order valence-corrected chi connectivity index (χ2v) is 1.26. The van der Waals surface area contributed by atoms with Gasteiger partial charge >= 0.3 is 0 Å². The van der Waals surface area contributed by atoms with Gasteiger partial charge in [-0.3, -0.25) is 11.3 Å². The molecule has 0 spiro atoms. The number of hydrogen-bond donors (Lipinski definition) is 2. The molecular formula is C5H10N2. The molecule has 0 saturated heterocycles. The van der Waals surface area contributed by atoms with Crippen LogP contribution in [0.5, 0.6) is 0 Å². The molecule has 2 heteroatoms. The zero-order valence-corrected chi connectivity index (χ0v) is 4.28. The van der Waals surface area contributed by atoms with Crippen LogP contribution >= 0.6 is 0 Å². The summed E-state index contributed by atoms with van der Waals surface area (Å²) in [7, 11) is 0. The fraction of sp³-hybridized carbons (Fsp3) is 0.600. The average molecular weight is 98.1 g/mol. The minimum absolute atomic E-state index is 0.810. The third-order valence-corrected chi connectivity index (χ3v) is 0.642. The van der Waals surface area contributed by atoms with Gasteiger partial charge in [-0.2, -0.15) is 0 Å². The van der Waals surface area contributed by atoms with E-state index in [9.17, 15) is 0 Å². The van der Waals surface area contributed by atoms with Crippen molar-refractivity contribution in [1.82, 2.24) is 5.43 Å². The van der Waals surface area contributed by atoms with Gasteiger partial charge in [-0.1, -0.05) is 0 Å². The summed E-state index contributed by atoms with van der Waals surface area (Å²) in [6.45, 7) is 0.810. The number of nitrogens with one attached hydrogen (secondary N) is 1. The molecule has 0 aromatic heterocycles. The monoisotopic (exact) mass is 98.1 g/mol. The Labute approximate surface area is 44.1 Å². The maximum absolute atomic E-state index is 4.95. The maximum atomic E-state index is 4.95. The van der Waals surface area contributed by atoms with Crippen LogP contribution in [-0.4, -0.2) is 6.54 Å². The second-order valence-electron chi connectivity index (χ2n) is 1.26. The zero-order valence-electron chi connectivity index (χ0n) is 4.28. The number of rotatable bonds is 3. The fourth-order valence-corrected chi connectivity index (χ4v) is 0.293. The van der Waals surface area contributed by atoms with Gasteiger partial charge in [-0.15, -0.1) is 12.3 Å². The van der Waals surface area contributed by atoms with E-state index in [-0.39, 0.29) is 0 Å². The van der Waals surface area contributed by atoms with Crippen molar-refractivity contribution in [2.75, 3.05) is 6.54 Å². The Balaban J connectivity index is 2.60. The van der Waals surface area contributed by atoms with E-state index in [4.69, 9.17) is 12.3 Å². The van der Waals surface area contributed by atoms with E-state index < -0.39 is 0 Å². The van der Waals surface area contributed by atoms with Crippen molar-refractivity contribution in [2.45, 2.75) is 12.8 Å². The lowest BCUT2D eigenvalue weighted by Crippen LogP contribution is -2.22. The fourth-order valence-electron chi connectivity index (χ4n) is 0.293. The van der Waals surface area contributed by atoms with Crippen LogP contribution in [0.15, 0.2) is 0 Å². The molecule has 0 fully saturated rings.